The van der Waals surface area contributed by atoms with Gasteiger partial charge in [0.2, 0.25) is 0 Å². The van der Waals surface area contributed by atoms with Gasteiger partial charge in [0.05, 0.1) is 0 Å². The summed E-state index contributed by atoms with van der Waals surface area (Å²) in [5, 5.41) is 0. The minimum Gasteiger partial charge on any atom is -0.299 e. The largest absolute Gasteiger partial charge is 0.299 e. The summed E-state index contributed by atoms with van der Waals surface area (Å²) in [4.78, 5) is 12.4. The first-order valence-corrected chi connectivity index (χ1v) is 7.52. The molecule has 0 aliphatic heterocycles. The number of benzene rings is 1. The Kier molecular flexibility index (Phi) is 4.13. The van der Waals surface area contributed by atoms with E-state index in [1.807, 2.05) is 0 Å². The molecule has 2 rings (SSSR count). The fraction of sp³-hybridized carbons (Fsp3) is 0.611. The van der Waals surface area contributed by atoms with Gasteiger partial charge in [0.1, 0.15) is 5.78 Å². The van der Waals surface area contributed by atoms with Crippen molar-refractivity contribution in [2.75, 3.05) is 0 Å². The van der Waals surface area contributed by atoms with Crippen LogP contribution in [0.2, 0.25) is 0 Å². The van der Waals surface area contributed by atoms with Gasteiger partial charge in [-0.1, -0.05) is 58.4 Å². The van der Waals surface area contributed by atoms with Gasteiger partial charge >= 0.3 is 0 Å². The molecule has 1 aromatic rings. The van der Waals surface area contributed by atoms with Crippen LogP contribution in [0.4, 0.5) is 0 Å². The molecule has 0 heterocycles. The van der Waals surface area contributed by atoms with Crippen LogP contribution in [0.3, 0.4) is 0 Å². The fourth-order valence-electron chi connectivity index (χ4n) is 3.27. The van der Waals surface area contributed by atoms with Crippen LogP contribution in [-0.2, 0) is 11.2 Å². The second-order valence-electron chi connectivity index (χ2n) is 6.97. The predicted molar refractivity (Wildman–Crippen MR) is 80.4 cm³/mol. The molecule has 1 atom stereocenters. The molecule has 1 fully saturated rings. The summed E-state index contributed by atoms with van der Waals surface area (Å²) >= 11 is 0. The van der Waals surface area contributed by atoms with E-state index < -0.39 is 0 Å². The highest BCUT2D eigenvalue weighted by Crippen LogP contribution is 2.43. The second kappa shape index (κ2) is 5.48. The van der Waals surface area contributed by atoms with E-state index in [9.17, 15) is 4.79 Å². The third-order valence-electron chi connectivity index (χ3n) is 4.67. The van der Waals surface area contributed by atoms with E-state index in [0.717, 1.165) is 12.0 Å². The van der Waals surface area contributed by atoms with Crippen LogP contribution in [0, 0.1) is 11.3 Å². The molecule has 19 heavy (non-hydrogen) atoms. The first-order valence-electron chi connectivity index (χ1n) is 7.52. The second-order valence-corrected chi connectivity index (χ2v) is 6.97. The fourth-order valence-corrected chi connectivity index (χ4v) is 3.27. The average Bonchev–Trinajstić information content (AvgIpc) is 2.69. The van der Waals surface area contributed by atoms with Gasteiger partial charge in [0, 0.05) is 12.3 Å². The zero-order chi connectivity index (χ0) is 14.0. The summed E-state index contributed by atoms with van der Waals surface area (Å²) in [6, 6.07) is 8.56. The molecule has 1 aliphatic rings. The van der Waals surface area contributed by atoms with Crippen LogP contribution in [-0.4, -0.2) is 5.78 Å². The SMILES string of the molecule is CC(C)c1ccc(CC(=O)C2CCCC2(C)C)cc1. The molecule has 0 radical (unpaired) electrons. The molecule has 0 spiro atoms. The topological polar surface area (TPSA) is 17.1 Å². The van der Waals surface area contributed by atoms with Gasteiger partial charge in [-0.25, -0.2) is 0 Å². The first kappa shape index (κ1) is 14.3. The quantitative estimate of drug-likeness (QED) is 0.761. The van der Waals surface area contributed by atoms with Gasteiger partial charge in [-0.2, -0.15) is 0 Å². The van der Waals surface area contributed by atoms with Crippen molar-refractivity contribution in [2.45, 2.75) is 59.3 Å². The Balaban J connectivity index is 2.03. The summed E-state index contributed by atoms with van der Waals surface area (Å²) < 4.78 is 0. The number of hydrogen-bond donors (Lipinski definition) is 0. The summed E-state index contributed by atoms with van der Waals surface area (Å²) in [5.41, 5.74) is 2.71. The number of carbonyl (C=O) groups is 1. The molecule has 1 aliphatic carbocycles. The lowest BCUT2D eigenvalue weighted by Crippen LogP contribution is -2.27. The van der Waals surface area contributed by atoms with Crippen LogP contribution in [0.1, 0.15) is 64.0 Å². The smallest absolute Gasteiger partial charge is 0.140 e. The normalized spacial score (nSPS) is 21.8. The van der Waals surface area contributed by atoms with Crippen molar-refractivity contribution >= 4 is 5.78 Å². The van der Waals surface area contributed by atoms with Crippen molar-refractivity contribution in [3.05, 3.63) is 35.4 Å². The van der Waals surface area contributed by atoms with Gasteiger partial charge in [0.25, 0.3) is 0 Å². The Morgan fingerprint density at radius 3 is 2.37 bits per heavy atom. The lowest BCUT2D eigenvalue weighted by molar-refractivity contribution is -0.124. The van der Waals surface area contributed by atoms with Gasteiger partial charge < -0.3 is 0 Å². The standard InChI is InChI=1S/C18H26O/c1-13(2)15-9-7-14(8-10-15)12-17(19)16-6-5-11-18(16,3)4/h7-10,13,16H,5-6,11-12H2,1-4H3. The van der Waals surface area contributed by atoms with E-state index in [4.69, 9.17) is 0 Å². The maximum Gasteiger partial charge on any atom is 0.140 e. The van der Waals surface area contributed by atoms with Crippen LogP contribution < -0.4 is 0 Å². The molecule has 0 N–H and O–H groups in total. The molecule has 104 valence electrons. The highest BCUT2D eigenvalue weighted by atomic mass is 16.1. The van der Waals surface area contributed by atoms with Crippen LogP contribution in [0.25, 0.3) is 0 Å². The summed E-state index contributed by atoms with van der Waals surface area (Å²) in [7, 11) is 0. The Hall–Kier alpha value is -1.11. The van der Waals surface area contributed by atoms with Crippen molar-refractivity contribution in [1.29, 1.82) is 0 Å². The molecule has 1 saturated carbocycles. The molecular formula is C18H26O. The summed E-state index contributed by atoms with van der Waals surface area (Å²) in [5.74, 6) is 1.25. The Bertz CT molecular complexity index is 439. The van der Waals surface area contributed by atoms with E-state index in [0.29, 0.717) is 18.1 Å². The van der Waals surface area contributed by atoms with Gasteiger partial charge in [-0.05, 0) is 35.3 Å². The van der Waals surface area contributed by atoms with Crippen molar-refractivity contribution in [1.82, 2.24) is 0 Å². The van der Waals surface area contributed by atoms with Crippen molar-refractivity contribution in [3.8, 4) is 0 Å². The number of hydrogen-bond acceptors (Lipinski definition) is 1. The number of Topliss-reactive ketones (excluding diaryl/α,β-unsaturated/α-hetero) is 1. The average molecular weight is 258 g/mol. The Morgan fingerprint density at radius 1 is 1.26 bits per heavy atom. The highest BCUT2D eigenvalue weighted by Gasteiger charge is 2.38. The molecular weight excluding hydrogens is 232 g/mol. The Labute approximate surface area is 117 Å². The number of rotatable bonds is 4. The molecule has 1 aromatic carbocycles. The molecule has 0 aromatic heterocycles. The van der Waals surface area contributed by atoms with Crippen LogP contribution >= 0.6 is 0 Å². The van der Waals surface area contributed by atoms with E-state index in [2.05, 4.69) is 52.0 Å². The lowest BCUT2D eigenvalue weighted by atomic mass is 9.78. The Morgan fingerprint density at radius 2 is 1.89 bits per heavy atom. The van der Waals surface area contributed by atoms with Crippen molar-refractivity contribution in [3.63, 3.8) is 0 Å². The third-order valence-corrected chi connectivity index (χ3v) is 4.67. The molecule has 1 nitrogen and oxygen atoms in total. The molecule has 0 bridgehead atoms. The van der Waals surface area contributed by atoms with E-state index in [1.165, 1.54) is 18.4 Å². The van der Waals surface area contributed by atoms with E-state index >= 15 is 0 Å². The summed E-state index contributed by atoms with van der Waals surface area (Å²) in [6.45, 7) is 8.87. The maximum absolute atomic E-state index is 12.4. The monoisotopic (exact) mass is 258 g/mol. The molecule has 1 unspecified atom stereocenters. The number of carbonyl (C=O) groups excluding carboxylic acids is 1. The minimum atomic E-state index is 0.203. The van der Waals surface area contributed by atoms with Gasteiger partial charge in [0.15, 0.2) is 0 Å². The molecule has 0 amide bonds. The van der Waals surface area contributed by atoms with E-state index in [1.54, 1.807) is 0 Å². The van der Waals surface area contributed by atoms with Crippen molar-refractivity contribution < 1.29 is 4.79 Å². The van der Waals surface area contributed by atoms with Gasteiger partial charge in [-0.15, -0.1) is 0 Å². The highest BCUT2D eigenvalue weighted by molar-refractivity contribution is 5.84. The molecule has 0 saturated heterocycles. The van der Waals surface area contributed by atoms with Crippen molar-refractivity contribution in [2.24, 2.45) is 11.3 Å². The van der Waals surface area contributed by atoms with Gasteiger partial charge in [-0.3, -0.25) is 4.79 Å². The zero-order valence-corrected chi connectivity index (χ0v) is 12.7. The van der Waals surface area contributed by atoms with E-state index in [-0.39, 0.29) is 11.3 Å². The minimum absolute atomic E-state index is 0.203. The van der Waals surface area contributed by atoms with Crippen LogP contribution in [0.15, 0.2) is 24.3 Å². The lowest BCUT2D eigenvalue weighted by Gasteiger charge is -2.25. The van der Waals surface area contributed by atoms with Crippen LogP contribution in [0.5, 0.6) is 0 Å². The number of ketones is 1. The maximum atomic E-state index is 12.4. The molecule has 1 heteroatoms. The third kappa shape index (κ3) is 3.26. The predicted octanol–water partition coefficient (Wildman–Crippen LogP) is 4.75. The first-order chi connectivity index (χ1) is 8.90. The summed E-state index contributed by atoms with van der Waals surface area (Å²) in [6.07, 6.45) is 4.08. The zero-order valence-electron chi connectivity index (χ0n) is 12.7.